The summed E-state index contributed by atoms with van der Waals surface area (Å²) in [7, 11) is 0. The number of thiophene rings is 1. The molecule has 0 saturated heterocycles. The largest absolute Gasteiger partial charge is 0.335 e. The van der Waals surface area contributed by atoms with Crippen molar-refractivity contribution in [2.24, 2.45) is 5.92 Å². The van der Waals surface area contributed by atoms with Crippen molar-refractivity contribution in [2.45, 2.75) is 69.6 Å². The molecule has 2 heterocycles. The number of nitrogens with zero attached hydrogens (tertiary/aromatic N) is 2. The summed E-state index contributed by atoms with van der Waals surface area (Å²) in [5.74, 6) is 0.221. The highest BCUT2D eigenvalue weighted by Crippen LogP contribution is 2.36. The predicted octanol–water partition coefficient (Wildman–Crippen LogP) is 3.63. The molecule has 0 spiro atoms. The molecule has 2 aliphatic carbocycles. The molecule has 2 aliphatic rings. The van der Waals surface area contributed by atoms with Crippen LogP contribution in [0.25, 0.3) is 10.2 Å². The van der Waals surface area contributed by atoms with Gasteiger partial charge in [0.05, 0.1) is 11.1 Å². The molecular formula is C22H28N4O3S2. The molecule has 1 fully saturated rings. The first-order valence-electron chi connectivity index (χ1n) is 10.9. The maximum atomic E-state index is 13.3. The van der Waals surface area contributed by atoms with Gasteiger partial charge in [-0.1, -0.05) is 37.6 Å². The number of aromatic nitrogens is 2. The minimum absolute atomic E-state index is 0.00923. The average molecular weight is 461 g/mol. The summed E-state index contributed by atoms with van der Waals surface area (Å²) in [4.78, 5) is 44.3. The van der Waals surface area contributed by atoms with Crippen LogP contribution in [-0.2, 0) is 24.2 Å². The highest BCUT2D eigenvalue weighted by molar-refractivity contribution is 7.99. The van der Waals surface area contributed by atoms with Crippen LogP contribution in [0.2, 0.25) is 0 Å². The van der Waals surface area contributed by atoms with Gasteiger partial charge in [0.25, 0.3) is 5.56 Å². The van der Waals surface area contributed by atoms with Crippen LogP contribution in [0.5, 0.6) is 0 Å². The van der Waals surface area contributed by atoms with Crippen molar-refractivity contribution in [1.29, 1.82) is 0 Å². The minimum atomic E-state index is -0.454. The predicted molar refractivity (Wildman–Crippen MR) is 125 cm³/mol. The van der Waals surface area contributed by atoms with Gasteiger partial charge in [0.15, 0.2) is 5.16 Å². The van der Waals surface area contributed by atoms with E-state index >= 15 is 0 Å². The number of carbonyl (C=O) groups is 2. The number of carbonyl (C=O) groups excluding carboxylic acids is 2. The molecule has 0 radical (unpaired) electrons. The van der Waals surface area contributed by atoms with Gasteiger partial charge in [0.1, 0.15) is 4.83 Å². The fourth-order valence-electron chi connectivity index (χ4n) is 4.39. The summed E-state index contributed by atoms with van der Waals surface area (Å²) in [5, 5.41) is 6.43. The molecule has 1 atom stereocenters. The molecule has 7 nitrogen and oxygen atoms in total. The lowest BCUT2D eigenvalue weighted by Crippen LogP contribution is -2.44. The molecule has 0 bridgehead atoms. The number of allylic oxidation sites excluding steroid dienone is 1. The second-order valence-corrected chi connectivity index (χ2v) is 10.4. The number of urea groups is 1. The topological polar surface area (TPSA) is 93.1 Å². The molecule has 1 unspecified atom stereocenters. The molecule has 2 aromatic rings. The summed E-state index contributed by atoms with van der Waals surface area (Å²) in [6, 6.07) is -0.306. The zero-order valence-corrected chi connectivity index (χ0v) is 19.4. The molecule has 3 amide bonds. The van der Waals surface area contributed by atoms with Gasteiger partial charge in [0.2, 0.25) is 5.91 Å². The van der Waals surface area contributed by atoms with E-state index in [1.165, 1.54) is 16.6 Å². The highest BCUT2D eigenvalue weighted by atomic mass is 32.2. The van der Waals surface area contributed by atoms with Crippen LogP contribution in [0, 0.1) is 5.92 Å². The van der Waals surface area contributed by atoms with Crippen LogP contribution in [0.1, 0.15) is 49.5 Å². The van der Waals surface area contributed by atoms with Crippen LogP contribution in [0.3, 0.4) is 0 Å². The Morgan fingerprint density at radius 1 is 1.32 bits per heavy atom. The first-order valence-corrected chi connectivity index (χ1v) is 12.7. The fourth-order valence-corrected chi connectivity index (χ4v) is 6.62. The molecule has 2 N–H and O–H groups in total. The monoisotopic (exact) mass is 460 g/mol. The Labute approximate surface area is 189 Å². The standard InChI is InChI=1S/C22H28N4O3S2/c1-3-10-26-20(28)18-15-9-8-13(2)11-16(15)31-19(18)25-22(26)30-12-17(27)24-21(29)23-14-6-4-5-7-14/h3,13-14H,1,4-12H2,2H3,(H2,23,24,27,29). The lowest BCUT2D eigenvalue weighted by molar-refractivity contribution is -0.117. The highest BCUT2D eigenvalue weighted by Gasteiger charge is 2.25. The van der Waals surface area contributed by atoms with Gasteiger partial charge < -0.3 is 5.32 Å². The van der Waals surface area contributed by atoms with Crippen LogP contribution in [0.15, 0.2) is 22.6 Å². The number of hydrogen-bond acceptors (Lipinski definition) is 6. The number of aryl methyl sites for hydroxylation is 1. The third-order valence-corrected chi connectivity index (χ3v) is 8.09. The Morgan fingerprint density at radius 3 is 2.84 bits per heavy atom. The van der Waals surface area contributed by atoms with Crippen LogP contribution in [0.4, 0.5) is 4.79 Å². The van der Waals surface area contributed by atoms with Crippen molar-refractivity contribution >= 4 is 45.3 Å². The first kappa shape index (κ1) is 22.1. The van der Waals surface area contributed by atoms with Gasteiger partial charge >= 0.3 is 6.03 Å². The third kappa shape index (κ3) is 4.87. The third-order valence-electron chi connectivity index (χ3n) is 5.97. The van der Waals surface area contributed by atoms with Crippen molar-refractivity contribution in [2.75, 3.05) is 5.75 Å². The van der Waals surface area contributed by atoms with E-state index in [0.29, 0.717) is 17.6 Å². The number of rotatable bonds is 6. The zero-order chi connectivity index (χ0) is 22.0. The number of thioether (sulfide) groups is 1. The molecule has 166 valence electrons. The van der Waals surface area contributed by atoms with Gasteiger partial charge in [-0.05, 0) is 43.6 Å². The number of fused-ring (bicyclic) bond motifs is 3. The lowest BCUT2D eigenvalue weighted by Gasteiger charge is -2.17. The fraction of sp³-hybridized carbons (Fsp3) is 0.545. The maximum Gasteiger partial charge on any atom is 0.321 e. The molecule has 1 saturated carbocycles. The van der Waals surface area contributed by atoms with Crippen molar-refractivity contribution in [1.82, 2.24) is 20.2 Å². The SMILES string of the molecule is C=CCn1c(SCC(=O)NC(=O)NC2CCCC2)nc2sc3c(c2c1=O)CCC(C)C3. The van der Waals surface area contributed by atoms with Crippen molar-refractivity contribution < 1.29 is 9.59 Å². The molecule has 4 rings (SSSR count). The molecule has 9 heteroatoms. The zero-order valence-electron chi connectivity index (χ0n) is 17.7. The van der Waals surface area contributed by atoms with E-state index in [-0.39, 0.29) is 17.4 Å². The molecule has 2 aromatic heterocycles. The van der Waals surface area contributed by atoms with E-state index in [2.05, 4.69) is 24.1 Å². The minimum Gasteiger partial charge on any atom is -0.335 e. The van der Waals surface area contributed by atoms with Crippen LogP contribution in [-0.4, -0.2) is 33.3 Å². The number of amides is 3. The van der Waals surface area contributed by atoms with Gasteiger partial charge in [-0.3, -0.25) is 19.5 Å². The Bertz CT molecular complexity index is 1070. The van der Waals surface area contributed by atoms with E-state index < -0.39 is 11.9 Å². The Morgan fingerprint density at radius 2 is 2.10 bits per heavy atom. The van der Waals surface area contributed by atoms with Gasteiger partial charge in [0, 0.05) is 17.5 Å². The summed E-state index contributed by atoms with van der Waals surface area (Å²) >= 11 is 2.77. The van der Waals surface area contributed by atoms with E-state index in [1.54, 1.807) is 22.0 Å². The quantitative estimate of drug-likeness (QED) is 0.390. The summed E-state index contributed by atoms with van der Waals surface area (Å²) < 4.78 is 1.58. The van der Waals surface area contributed by atoms with E-state index in [1.807, 2.05) is 0 Å². The average Bonchev–Trinajstić information content (AvgIpc) is 3.35. The molecule has 0 aliphatic heterocycles. The number of hydrogen-bond donors (Lipinski definition) is 2. The Hall–Kier alpha value is -2.13. The van der Waals surface area contributed by atoms with Gasteiger partial charge in [-0.25, -0.2) is 9.78 Å². The summed E-state index contributed by atoms with van der Waals surface area (Å²) in [6.07, 6.45) is 8.76. The molecular weight excluding hydrogens is 432 g/mol. The molecule has 0 aromatic carbocycles. The van der Waals surface area contributed by atoms with Crippen molar-refractivity contribution in [3.05, 3.63) is 33.4 Å². The van der Waals surface area contributed by atoms with Crippen LogP contribution >= 0.6 is 23.1 Å². The van der Waals surface area contributed by atoms with E-state index in [9.17, 15) is 14.4 Å². The van der Waals surface area contributed by atoms with E-state index in [0.717, 1.165) is 60.7 Å². The lowest BCUT2D eigenvalue weighted by atomic mass is 9.89. The number of imide groups is 1. The number of nitrogens with one attached hydrogen (secondary N) is 2. The normalized spacial score (nSPS) is 18.7. The Balaban J connectivity index is 1.50. The smallest absolute Gasteiger partial charge is 0.321 e. The summed E-state index contributed by atoms with van der Waals surface area (Å²) in [6.45, 7) is 6.32. The van der Waals surface area contributed by atoms with E-state index in [4.69, 9.17) is 4.98 Å². The first-order chi connectivity index (χ1) is 15.0. The second-order valence-electron chi connectivity index (χ2n) is 8.42. The van der Waals surface area contributed by atoms with Gasteiger partial charge in [-0.15, -0.1) is 17.9 Å². The second kappa shape index (κ2) is 9.56. The molecule has 31 heavy (non-hydrogen) atoms. The maximum absolute atomic E-state index is 13.3. The van der Waals surface area contributed by atoms with Crippen LogP contribution < -0.4 is 16.2 Å². The van der Waals surface area contributed by atoms with Crippen molar-refractivity contribution in [3.63, 3.8) is 0 Å². The Kier molecular flexibility index (Phi) is 6.81. The van der Waals surface area contributed by atoms with Crippen molar-refractivity contribution in [3.8, 4) is 0 Å². The van der Waals surface area contributed by atoms with Gasteiger partial charge in [-0.2, -0.15) is 0 Å². The summed E-state index contributed by atoms with van der Waals surface area (Å²) in [5.41, 5.74) is 1.07.